The van der Waals surface area contributed by atoms with Crippen LogP contribution >= 0.6 is 11.3 Å². The molecule has 36 heavy (non-hydrogen) atoms. The molecule has 1 amide bonds. The van der Waals surface area contributed by atoms with Crippen LogP contribution in [0.2, 0.25) is 0 Å². The molecule has 0 bridgehead atoms. The molecule has 188 valence electrons. The maximum Gasteiger partial charge on any atom is 0.333 e. The van der Waals surface area contributed by atoms with Gasteiger partial charge in [0.2, 0.25) is 5.91 Å². The maximum atomic E-state index is 13.2. The summed E-state index contributed by atoms with van der Waals surface area (Å²) in [4.78, 5) is 37.9. The lowest BCUT2D eigenvalue weighted by Crippen LogP contribution is -2.38. The molecule has 4 rings (SSSR count). The number of aromatic nitrogens is 1. The van der Waals surface area contributed by atoms with Gasteiger partial charge >= 0.3 is 5.97 Å². The van der Waals surface area contributed by atoms with Gasteiger partial charge in [0, 0.05) is 6.54 Å². The highest BCUT2D eigenvalue weighted by atomic mass is 32.1. The number of fused-ring (bicyclic) bond motifs is 1. The van der Waals surface area contributed by atoms with Crippen molar-refractivity contribution in [2.45, 2.75) is 19.9 Å². The van der Waals surface area contributed by atoms with Gasteiger partial charge < -0.3 is 19.5 Å². The molecule has 8 nitrogen and oxygen atoms in total. The number of benzene rings is 2. The van der Waals surface area contributed by atoms with Gasteiger partial charge in [-0.3, -0.25) is 14.2 Å². The van der Waals surface area contributed by atoms with Crippen LogP contribution in [0.25, 0.3) is 12.2 Å². The number of hydrogen-bond donors (Lipinski definition) is 1. The van der Waals surface area contributed by atoms with Gasteiger partial charge in [0.15, 0.2) is 11.5 Å². The van der Waals surface area contributed by atoms with E-state index in [4.69, 9.17) is 14.2 Å². The van der Waals surface area contributed by atoms with Crippen LogP contribution in [-0.2, 0) is 27.3 Å². The van der Waals surface area contributed by atoms with Crippen molar-refractivity contribution >= 4 is 35.4 Å². The van der Waals surface area contributed by atoms with E-state index < -0.39 is 11.5 Å². The Balaban J connectivity index is 1.57. The molecule has 2 heterocycles. The number of nitrogens with one attached hydrogen (secondary N) is 1. The lowest BCUT2D eigenvalue weighted by atomic mass is 10.1. The van der Waals surface area contributed by atoms with Crippen molar-refractivity contribution in [1.29, 1.82) is 0 Å². The molecular formula is C26H25FN2O6S. The van der Waals surface area contributed by atoms with Crippen molar-refractivity contribution < 1.29 is 28.2 Å². The fourth-order valence-electron chi connectivity index (χ4n) is 3.58. The van der Waals surface area contributed by atoms with Crippen LogP contribution in [0.5, 0.6) is 11.5 Å². The number of thiazole rings is 1. The molecule has 3 aromatic rings. The molecule has 10 heteroatoms. The zero-order valence-electron chi connectivity index (χ0n) is 19.6. The first-order chi connectivity index (χ1) is 17.4. The first-order valence-corrected chi connectivity index (χ1v) is 12.2. The fourth-order valence-corrected chi connectivity index (χ4v) is 4.61. The third-order valence-corrected chi connectivity index (χ3v) is 6.34. The number of halogens is 1. The van der Waals surface area contributed by atoms with E-state index in [0.717, 1.165) is 22.5 Å². The fraction of sp³-hybridized carbons (Fsp3) is 0.269. The SMILES string of the molecule is CCOC(=O)C=c1sc(=Cc2ccc3c(c2)OCCO3)c(=O)n1CC(=O)NCCc1ccc(F)cc1. The summed E-state index contributed by atoms with van der Waals surface area (Å²) >= 11 is 1.09. The minimum absolute atomic E-state index is 0.186. The minimum atomic E-state index is -0.602. The monoisotopic (exact) mass is 512 g/mol. The van der Waals surface area contributed by atoms with Gasteiger partial charge in [-0.2, -0.15) is 0 Å². The third-order valence-electron chi connectivity index (χ3n) is 5.28. The molecule has 1 aliphatic heterocycles. The molecule has 1 N–H and O–H groups in total. The number of carbonyl (C=O) groups excluding carboxylic acids is 2. The zero-order chi connectivity index (χ0) is 25.5. The number of nitrogens with zero attached hydrogens (tertiary/aromatic N) is 1. The van der Waals surface area contributed by atoms with Crippen LogP contribution in [0.15, 0.2) is 47.3 Å². The molecule has 1 aromatic heterocycles. The van der Waals surface area contributed by atoms with Crippen molar-refractivity contribution in [2.24, 2.45) is 0 Å². The Labute approximate surface area is 210 Å². The summed E-state index contributed by atoms with van der Waals surface area (Å²) in [6.07, 6.45) is 3.40. The van der Waals surface area contributed by atoms with Crippen molar-refractivity contribution in [2.75, 3.05) is 26.4 Å². The van der Waals surface area contributed by atoms with Gasteiger partial charge in [-0.05, 0) is 54.8 Å². The van der Waals surface area contributed by atoms with Gasteiger partial charge in [0.05, 0.1) is 17.2 Å². The predicted molar refractivity (Wildman–Crippen MR) is 133 cm³/mol. The second-order valence-corrected chi connectivity index (χ2v) is 8.93. The lowest BCUT2D eigenvalue weighted by molar-refractivity contribution is -0.135. The average Bonchev–Trinajstić information content (AvgIpc) is 3.14. The Kier molecular flexibility index (Phi) is 8.17. The maximum absolute atomic E-state index is 13.2. The summed E-state index contributed by atoms with van der Waals surface area (Å²) in [5, 5.41) is 2.76. The van der Waals surface area contributed by atoms with Crippen LogP contribution in [0.1, 0.15) is 18.1 Å². The van der Waals surface area contributed by atoms with Gasteiger partial charge in [-0.15, -0.1) is 11.3 Å². The minimum Gasteiger partial charge on any atom is -0.486 e. The van der Waals surface area contributed by atoms with E-state index in [1.807, 2.05) is 0 Å². The van der Waals surface area contributed by atoms with Gasteiger partial charge in [-0.25, -0.2) is 9.18 Å². The number of carbonyl (C=O) groups is 2. The Morgan fingerprint density at radius 2 is 1.89 bits per heavy atom. The Morgan fingerprint density at radius 3 is 2.64 bits per heavy atom. The first kappa shape index (κ1) is 25.2. The van der Waals surface area contributed by atoms with Crippen LogP contribution in [0.4, 0.5) is 4.39 Å². The summed E-state index contributed by atoms with van der Waals surface area (Å²) in [5.74, 6) is -0.0910. The summed E-state index contributed by atoms with van der Waals surface area (Å²) in [5.41, 5.74) is 1.19. The first-order valence-electron chi connectivity index (χ1n) is 11.4. The number of hydrogen-bond acceptors (Lipinski definition) is 7. The van der Waals surface area contributed by atoms with E-state index >= 15 is 0 Å². The molecule has 0 unspecified atom stereocenters. The topological polar surface area (TPSA) is 95.9 Å². The molecule has 0 atom stereocenters. The smallest absolute Gasteiger partial charge is 0.333 e. The molecular weight excluding hydrogens is 487 g/mol. The molecule has 1 aliphatic rings. The highest BCUT2D eigenvalue weighted by molar-refractivity contribution is 7.07. The average molecular weight is 513 g/mol. The summed E-state index contributed by atoms with van der Waals surface area (Å²) in [6, 6.07) is 11.4. The molecule has 0 radical (unpaired) electrons. The summed E-state index contributed by atoms with van der Waals surface area (Å²) in [7, 11) is 0. The lowest BCUT2D eigenvalue weighted by Gasteiger charge is -2.18. The molecule has 2 aromatic carbocycles. The van der Waals surface area contributed by atoms with Gasteiger partial charge in [0.1, 0.15) is 30.2 Å². The summed E-state index contributed by atoms with van der Waals surface area (Å²) < 4.78 is 31.1. The van der Waals surface area contributed by atoms with E-state index in [0.29, 0.717) is 46.9 Å². The molecule has 0 saturated carbocycles. The normalized spacial score (nSPS) is 13.5. The van der Waals surface area contributed by atoms with Gasteiger partial charge in [0.25, 0.3) is 5.56 Å². The molecule has 0 saturated heterocycles. The Morgan fingerprint density at radius 1 is 1.14 bits per heavy atom. The van der Waals surface area contributed by atoms with E-state index in [9.17, 15) is 18.8 Å². The van der Waals surface area contributed by atoms with Crippen LogP contribution < -0.4 is 29.5 Å². The van der Waals surface area contributed by atoms with Gasteiger partial charge in [-0.1, -0.05) is 18.2 Å². The second kappa shape index (κ2) is 11.7. The number of esters is 1. The van der Waals surface area contributed by atoms with Crippen LogP contribution in [0.3, 0.4) is 0 Å². The third kappa shape index (κ3) is 6.39. The standard InChI is InChI=1S/C26H25FN2O6S/c1-2-33-25(31)15-24-29(16-23(30)28-10-9-17-3-6-19(27)7-4-17)26(32)22(36-24)14-18-5-8-20-21(13-18)35-12-11-34-20/h3-8,13-15H,2,9-12,16H2,1H3,(H,28,30). The predicted octanol–water partition coefficient (Wildman–Crippen LogP) is 1.35. The molecule has 0 aliphatic carbocycles. The van der Waals surface area contributed by atoms with Crippen molar-refractivity contribution in [1.82, 2.24) is 9.88 Å². The second-order valence-electron chi connectivity index (χ2n) is 7.87. The summed E-state index contributed by atoms with van der Waals surface area (Å²) in [6.45, 7) is 2.84. The Hall–Kier alpha value is -3.92. The van der Waals surface area contributed by atoms with E-state index in [-0.39, 0.29) is 24.9 Å². The largest absolute Gasteiger partial charge is 0.486 e. The molecule has 0 spiro atoms. The van der Waals surface area contributed by atoms with Crippen molar-refractivity contribution in [3.8, 4) is 11.5 Å². The quantitative estimate of drug-likeness (QED) is 0.458. The van der Waals surface area contributed by atoms with E-state index in [1.54, 1.807) is 43.3 Å². The number of ether oxygens (including phenoxy) is 3. The highest BCUT2D eigenvalue weighted by Gasteiger charge is 2.13. The van der Waals surface area contributed by atoms with Crippen molar-refractivity contribution in [3.05, 3.63) is 79.0 Å². The van der Waals surface area contributed by atoms with Crippen molar-refractivity contribution in [3.63, 3.8) is 0 Å². The number of amides is 1. The zero-order valence-corrected chi connectivity index (χ0v) is 20.4. The Bertz CT molecular complexity index is 1430. The van der Waals surface area contributed by atoms with Crippen LogP contribution in [0, 0.1) is 5.82 Å². The van der Waals surface area contributed by atoms with E-state index in [1.165, 1.54) is 22.8 Å². The number of rotatable bonds is 8. The van der Waals surface area contributed by atoms with Crippen LogP contribution in [-0.4, -0.2) is 42.8 Å². The molecule has 0 fully saturated rings. The highest BCUT2D eigenvalue weighted by Crippen LogP contribution is 2.30. The van der Waals surface area contributed by atoms with E-state index in [2.05, 4.69) is 5.32 Å².